The first-order chi connectivity index (χ1) is 11.7. The van der Waals surface area contributed by atoms with Crippen molar-refractivity contribution in [3.8, 4) is 5.75 Å². The van der Waals surface area contributed by atoms with Crippen LogP contribution in [0, 0.1) is 0 Å². The van der Waals surface area contributed by atoms with Crippen LogP contribution in [0.2, 0.25) is 0 Å². The lowest BCUT2D eigenvalue weighted by Crippen LogP contribution is -2.36. The first-order valence-electron chi connectivity index (χ1n) is 7.72. The number of aldehydes is 1. The summed E-state index contributed by atoms with van der Waals surface area (Å²) in [5.74, 6) is 0.254. The van der Waals surface area contributed by atoms with Crippen molar-refractivity contribution in [3.63, 3.8) is 0 Å². The average molecular weight is 327 g/mol. The van der Waals surface area contributed by atoms with Crippen molar-refractivity contribution in [1.82, 2.24) is 4.90 Å². The van der Waals surface area contributed by atoms with Crippen molar-refractivity contribution in [3.05, 3.63) is 65.7 Å². The van der Waals surface area contributed by atoms with E-state index in [1.165, 1.54) is 0 Å². The van der Waals surface area contributed by atoms with E-state index in [-0.39, 0.29) is 12.5 Å². The third-order valence-corrected chi connectivity index (χ3v) is 3.53. The summed E-state index contributed by atoms with van der Waals surface area (Å²) in [6.45, 7) is 1.29. The second-order valence-corrected chi connectivity index (χ2v) is 5.24. The van der Waals surface area contributed by atoms with Crippen molar-refractivity contribution >= 4 is 12.2 Å². The fourth-order valence-corrected chi connectivity index (χ4v) is 2.24. The molecule has 126 valence electrons. The minimum Gasteiger partial charge on any atom is -0.483 e. The van der Waals surface area contributed by atoms with Crippen LogP contribution >= 0.6 is 0 Å². The molecule has 0 aliphatic heterocycles. The summed E-state index contributed by atoms with van der Waals surface area (Å²) in [4.78, 5) is 25.2. The smallest absolute Gasteiger partial charge is 0.260 e. The highest BCUT2D eigenvalue weighted by Gasteiger charge is 2.15. The Morgan fingerprint density at radius 2 is 1.79 bits per heavy atom. The van der Waals surface area contributed by atoms with Gasteiger partial charge in [0.25, 0.3) is 5.91 Å². The zero-order valence-corrected chi connectivity index (χ0v) is 13.7. The molecule has 0 saturated carbocycles. The second-order valence-electron chi connectivity index (χ2n) is 5.24. The quantitative estimate of drug-likeness (QED) is 0.664. The molecule has 0 heterocycles. The average Bonchev–Trinajstić information content (AvgIpc) is 2.64. The topological polar surface area (TPSA) is 55.8 Å². The lowest BCUT2D eigenvalue weighted by Gasteiger charge is -2.22. The molecule has 0 atom stereocenters. The van der Waals surface area contributed by atoms with Crippen LogP contribution in [0.15, 0.2) is 54.6 Å². The van der Waals surface area contributed by atoms with E-state index in [1.54, 1.807) is 36.3 Å². The minimum atomic E-state index is -0.156. The van der Waals surface area contributed by atoms with Gasteiger partial charge >= 0.3 is 0 Å². The molecule has 0 saturated heterocycles. The second kappa shape index (κ2) is 9.47. The number of hydrogen-bond acceptors (Lipinski definition) is 4. The number of carbonyl (C=O) groups is 2. The number of carbonyl (C=O) groups excluding carboxylic acids is 2. The molecule has 0 unspecified atom stereocenters. The Morgan fingerprint density at radius 1 is 1.08 bits per heavy atom. The molecule has 24 heavy (non-hydrogen) atoms. The van der Waals surface area contributed by atoms with Crippen LogP contribution in [0.5, 0.6) is 5.75 Å². The summed E-state index contributed by atoms with van der Waals surface area (Å²) >= 11 is 0. The van der Waals surface area contributed by atoms with Gasteiger partial charge in [0.05, 0.1) is 12.2 Å². The predicted octanol–water partition coefficient (Wildman–Crippen LogP) is 2.55. The molecule has 5 nitrogen and oxygen atoms in total. The van der Waals surface area contributed by atoms with Crippen molar-refractivity contribution in [2.24, 2.45) is 0 Å². The molecule has 2 aromatic carbocycles. The molecule has 0 aliphatic carbocycles. The highest BCUT2D eigenvalue weighted by Crippen LogP contribution is 2.16. The molecule has 2 rings (SSSR count). The van der Waals surface area contributed by atoms with Gasteiger partial charge in [-0.25, -0.2) is 0 Å². The Balaban J connectivity index is 2.00. The number of rotatable bonds is 9. The van der Waals surface area contributed by atoms with Crippen LogP contribution < -0.4 is 4.74 Å². The Hall–Kier alpha value is -2.66. The van der Waals surface area contributed by atoms with Gasteiger partial charge in [-0.2, -0.15) is 0 Å². The van der Waals surface area contributed by atoms with E-state index in [9.17, 15) is 9.59 Å². The number of para-hydroxylation sites is 1. The fourth-order valence-electron chi connectivity index (χ4n) is 2.24. The third kappa shape index (κ3) is 5.21. The van der Waals surface area contributed by atoms with E-state index in [1.807, 2.05) is 30.3 Å². The van der Waals surface area contributed by atoms with Crippen LogP contribution in [0.1, 0.15) is 15.9 Å². The number of hydrogen-bond donors (Lipinski definition) is 0. The van der Waals surface area contributed by atoms with Crippen molar-refractivity contribution in [2.75, 3.05) is 26.9 Å². The SMILES string of the molecule is COCCN(Cc1ccccc1)C(=O)COc1ccccc1C=O. The van der Waals surface area contributed by atoms with Gasteiger partial charge in [-0.1, -0.05) is 42.5 Å². The molecule has 0 bridgehead atoms. The third-order valence-electron chi connectivity index (χ3n) is 3.53. The van der Waals surface area contributed by atoms with E-state index < -0.39 is 0 Å². The molecule has 2 aromatic rings. The van der Waals surface area contributed by atoms with E-state index in [2.05, 4.69) is 0 Å². The molecule has 5 heteroatoms. The molecular weight excluding hydrogens is 306 g/mol. The Kier molecular flexibility index (Phi) is 6.98. The van der Waals surface area contributed by atoms with Crippen molar-refractivity contribution < 1.29 is 19.1 Å². The number of ether oxygens (including phenoxy) is 2. The first kappa shape index (κ1) is 17.7. The molecule has 0 fully saturated rings. The monoisotopic (exact) mass is 327 g/mol. The fraction of sp³-hybridized carbons (Fsp3) is 0.263. The van der Waals surface area contributed by atoms with Gasteiger partial charge in [0.15, 0.2) is 12.9 Å². The highest BCUT2D eigenvalue weighted by atomic mass is 16.5. The zero-order valence-electron chi connectivity index (χ0n) is 13.7. The Morgan fingerprint density at radius 3 is 2.50 bits per heavy atom. The molecule has 0 aromatic heterocycles. The highest BCUT2D eigenvalue weighted by molar-refractivity contribution is 5.80. The van der Waals surface area contributed by atoms with Crippen molar-refractivity contribution in [2.45, 2.75) is 6.54 Å². The number of nitrogens with zero attached hydrogens (tertiary/aromatic N) is 1. The summed E-state index contributed by atoms with van der Waals surface area (Å²) in [5.41, 5.74) is 1.46. The van der Waals surface area contributed by atoms with Gasteiger partial charge in [-0.3, -0.25) is 9.59 Å². The Bertz CT molecular complexity index is 657. The van der Waals surface area contributed by atoms with Crippen LogP contribution in [0.25, 0.3) is 0 Å². The maximum atomic E-state index is 12.5. The number of amides is 1. The summed E-state index contributed by atoms with van der Waals surface area (Å²) < 4.78 is 10.6. The zero-order chi connectivity index (χ0) is 17.2. The van der Waals surface area contributed by atoms with Gasteiger partial charge in [0, 0.05) is 20.2 Å². The first-order valence-corrected chi connectivity index (χ1v) is 7.72. The number of methoxy groups -OCH3 is 1. The molecule has 0 spiro atoms. The Labute approximate surface area is 141 Å². The summed E-state index contributed by atoms with van der Waals surface area (Å²) in [7, 11) is 1.60. The van der Waals surface area contributed by atoms with E-state index >= 15 is 0 Å². The molecular formula is C19H21NO4. The molecule has 1 amide bonds. The van der Waals surface area contributed by atoms with E-state index in [0.29, 0.717) is 37.3 Å². The van der Waals surface area contributed by atoms with E-state index in [0.717, 1.165) is 5.56 Å². The molecule has 0 radical (unpaired) electrons. The maximum Gasteiger partial charge on any atom is 0.260 e. The maximum absolute atomic E-state index is 12.5. The van der Waals surface area contributed by atoms with Crippen LogP contribution in [-0.4, -0.2) is 44.0 Å². The standard InChI is InChI=1S/C19H21NO4/c1-23-12-11-20(13-16-7-3-2-4-8-16)19(22)15-24-18-10-6-5-9-17(18)14-21/h2-10,14H,11-13,15H2,1H3. The van der Waals surface area contributed by atoms with Crippen molar-refractivity contribution in [1.29, 1.82) is 0 Å². The normalized spacial score (nSPS) is 10.2. The minimum absolute atomic E-state index is 0.124. The van der Waals surface area contributed by atoms with Gasteiger partial charge < -0.3 is 14.4 Å². The summed E-state index contributed by atoms with van der Waals surface area (Å²) in [6, 6.07) is 16.6. The van der Waals surface area contributed by atoms with E-state index in [4.69, 9.17) is 9.47 Å². The largest absolute Gasteiger partial charge is 0.483 e. The van der Waals surface area contributed by atoms with Gasteiger partial charge in [-0.05, 0) is 17.7 Å². The van der Waals surface area contributed by atoms with Gasteiger partial charge in [-0.15, -0.1) is 0 Å². The predicted molar refractivity (Wildman–Crippen MR) is 91.1 cm³/mol. The summed E-state index contributed by atoms with van der Waals surface area (Å²) in [5, 5.41) is 0. The lowest BCUT2D eigenvalue weighted by atomic mass is 10.2. The molecule has 0 N–H and O–H groups in total. The molecule has 0 aliphatic rings. The lowest BCUT2D eigenvalue weighted by molar-refractivity contribution is -0.134. The van der Waals surface area contributed by atoms with Crippen LogP contribution in [0.3, 0.4) is 0 Å². The van der Waals surface area contributed by atoms with Crippen LogP contribution in [-0.2, 0) is 16.1 Å². The summed E-state index contributed by atoms with van der Waals surface area (Å²) in [6.07, 6.45) is 0.715. The van der Waals surface area contributed by atoms with Crippen LogP contribution in [0.4, 0.5) is 0 Å². The number of benzene rings is 2. The van der Waals surface area contributed by atoms with Gasteiger partial charge in [0.1, 0.15) is 5.75 Å². The van der Waals surface area contributed by atoms with Gasteiger partial charge in [0.2, 0.25) is 0 Å².